The van der Waals surface area contributed by atoms with Crippen molar-refractivity contribution >= 4 is 10.0 Å². The van der Waals surface area contributed by atoms with Gasteiger partial charge in [0.15, 0.2) is 0 Å². The molecular formula is C14H24N2O3S. The lowest BCUT2D eigenvalue weighted by molar-refractivity contribution is 0.282. The van der Waals surface area contributed by atoms with E-state index in [4.69, 9.17) is 10.2 Å². The first kappa shape index (κ1) is 15.5. The van der Waals surface area contributed by atoms with Gasteiger partial charge in [-0.15, -0.1) is 0 Å². The summed E-state index contributed by atoms with van der Waals surface area (Å²) in [5.74, 6) is 1.33. The summed E-state index contributed by atoms with van der Waals surface area (Å²) >= 11 is 0. The van der Waals surface area contributed by atoms with Gasteiger partial charge < -0.3 is 10.2 Å². The fourth-order valence-electron chi connectivity index (χ4n) is 3.01. The molecule has 0 aromatic carbocycles. The smallest absolute Gasteiger partial charge is 0.244 e. The Labute approximate surface area is 121 Å². The largest absolute Gasteiger partial charge is 0.464 e. The fraction of sp³-hybridized carbons (Fsp3) is 0.714. The number of furan rings is 1. The highest BCUT2D eigenvalue weighted by atomic mass is 32.2. The van der Waals surface area contributed by atoms with Crippen LogP contribution < -0.4 is 10.5 Å². The van der Waals surface area contributed by atoms with Crippen molar-refractivity contribution in [2.24, 2.45) is 11.7 Å². The molecule has 1 aromatic heterocycles. The van der Waals surface area contributed by atoms with E-state index in [0.29, 0.717) is 17.4 Å². The number of sulfonamides is 1. The van der Waals surface area contributed by atoms with Crippen LogP contribution in [0.3, 0.4) is 0 Å². The molecule has 2 unspecified atom stereocenters. The minimum atomic E-state index is -3.52. The van der Waals surface area contributed by atoms with E-state index in [1.54, 1.807) is 6.92 Å². The van der Waals surface area contributed by atoms with Gasteiger partial charge in [0.25, 0.3) is 0 Å². The minimum absolute atomic E-state index is 0.0365. The zero-order valence-corrected chi connectivity index (χ0v) is 13.0. The Bertz CT molecular complexity index is 551. The fourth-order valence-corrected chi connectivity index (χ4v) is 4.55. The molecule has 1 heterocycles. The molecule has 5 nitrogen and oxygen atoms in total. The monoisotopic (exact) mass is 300 g/mol. The van der Waals surface area contributed by atoms with Gasteiger partial charge in [0.05, 0.1) is 6.54 Å². The predicted octanol–water partition coefficient (Wildman–Crippen LogP) is 2.29. The Balaban J connectivity index is 2.19. The van der Waals surface area contributed by atoms with E-state index in [0.717, 1.165) is 25.7 Å². The summed E-state index contributed by atoms with van der Waals surface area (Å²) in [7, 11) is -3.52. The standard InChI is InChI=1S/C14H24N2O3S/c1-3-11-6-4-5-7-13(11)16-20(17,18)14-8-12(9-15)19-10(14)2/h8,11,13,16H,3-7,9,15H2,1-2H3. The molecule has 3 N–H and O–H groups in total. The van der Waals surface area contributed by atoms with Crippen LogP contribution in [-0.4, -0.2) is 14.5 Å². The van der Waals surface area contributed by atoms with Crippen molar-refractivity contribution in [3.63, 3.8) is 0 Å². The summed E-state index contributed by atoms with van der Waals surface area (Å²) in [6, 6.07) is 1.57. The molecular weight excluding hydrogens is 276 g/mol. The number of hydrogen-bond acceptors (Lipinski definition) is 4. The molecule has 20 heavy (non-hydrogen) atoms. The summed E-state index contributed by atoms with van der Waals surface area (Å²) < 4.78 is 33.2. The van der Waals surface area contributed by atoms with E-state index in [1.807, 2.05) is 0 Å². The third-order valence-corrected chi connectivity index (χ3v) is 5.75. The number of hydrogen-bond donors (Lipinski definition) is 2. The van der Waals surface area contributed by atoms with Gasteiger partial charge >= 0.3 is 0 Å². The molecule has 114 valence electrons. The predicted molar refractivity (Wildman–Crippen MR) is 77.7 cm³/mol. The highest BCUT2D eigenvalue weighted by molar-refractivity contribution is 7.89. The first-order chi connectivity index (χ1) is 9.47. The lowest BCUT2D eigenvalue weighted by Crippen LogP contribution is -2.41. The van der Waals surface area contributed by atoms with E-state index in [2.05, 4.69) is 11.6 Å². The van der Waals surface area contributed by atoms with Gasteiger partial charge in [-0.2, -0.15) is 0 Å². The van der Waals surface area contributed by atoms with Gasteiger partial charge in [-0.1, -0.05) is 26.2 Å². The van der Waals surface area contributed by atoms with E-state index in [1.165, 1.54) is 12.5 Å². The second-order valence-electron chi connectivity index (χ2n) is 5.52. The molecule has 0 bridgehead atoms. The molecule has 6 heteroatoms. The highest BCUT2D eigenvalue weighted by Crippen LogP contribution is 2.29. The van der Waals surface area contributed by atoms with Crippen molar-refractivity contribution in [3.8, 4) is 0 Å². The Hall–Kier alpha value is -0.850. The van der Waals surface area contributed by atoms with Gasteiger partial charge in [0, 0.05) is 12.1 Å². The molecule has 1 aliphatic rings. The normalized spacial score (nSPS) is 23.9. The minimum Gasteiger partial charge on any atom is -0.464 e. The third-order valence-electron chi connectivity index (χ3n) is 4.15. The van der Waals surface area contributed by atoms with E-state index in [9.17, 15) is 8.42 Å². The summed E-state index contributed by atoms with van der Waals surface area (Å²) in [6.45, 7) is 3.98. The molecule has 0 aliphatic heterocycles. The number of nitrogens with two attached hydrogens (primary N) is 1. The summed E-state index contributed by atoms with van der Waals surface area (Å²) in [5.41, 5.74) is 5.49. The van der Waals surface area contributed by atoms with Crippen molar-refractivity contribution in [1.29, 1.82) is 0 Å². The molecule has 2 rings (SSSR count). The van der Waals surface area contributed by atoms with Gasteiger partial charge in [-0.25, -0.2) is 13.1 Å². The zero-order valence-electron chi connectivity index (χ0n) is 12.2. The summed E-state index contributed by atoms with van der Waals surface area (Å²) in [4.78, 5) is 0.221. The quantitative estimate of drug-likeness (QED) is 0.873. The van der Waals surface area contributed by atoms with E-state index in [-0.39, 0.29) is 17.5 Å². The SMILES string of the molecule is CCC1CCCCC1NS(=O)(=O)c1cc(CN)oc1C. The number of aryl methyl sites for hydroxylation is 1. The third kappa shape index (κ3) is 3.24. The number of nitrogens with one attached hydrogen (secondary N) is 1. The van der Waals surface area contributed by atoms with Crippen LogP contribution in [0.4, 0.5) is 0 Å². The lowest BCUT2D eigenvalue weighted by Gasteiger charge is -2.31. The van der Waals surface area contributed by atoms with Crippen molar-refractivity contribution in [3.05, 3.63) is 17.6 Å². The Kier molecular flexibility index (Phi) is 4.88. The first-order valence-electron chi connectivity index (χ1n) is 7.29. The average Bonchev–Trinajstić information content (AvgIpc) is 2.81. The van der Waals surface area contributed by atoms with Gasteiger partial charge in [-0.3, -0.25) is 0 Å². The molecule has 1 fully saturated rings. The molecule has 1 aromatic rings. The van der Waals surface area contributed by atoms with Crippen LogP contribution in [0, 0.1) is 12.8 Å². The maximum absolute atomic E-state index is 12.5. The zero-order chi connectivity index (χ0) is 14.8. The molecule has 0 spiro atoms. The Morgan fingerprint density at radius 3 is 2.70 bits per heavy atom. The van der Waals surface area contributed by atoms with Gasteiger partial charge in [-0.05, 0) is 25.7 Å². The van der Waals surface area contributed by atoms with Gasteiger partial charge in [0.1, 0.15) is 16.4 Å². The highest BCUT2D eigenvalue weighted by Gasteiger charge is 2.30. The van der Waals surface area contributed by atoms with Crippen LogP contribution in [0.5, 0.6) is 0 Å². The molecule has 0 radical (unpaired) electrons. The van der Waals surface area contributed by atoms with Crippen LogP contribution in [0.15, 0.2) is 15.4 Å². The van der Waals surface area contributed by atoms with Crippen LogP contribution in [0.25, 0.3) is 0 Å². The topological polar surface area (TPSA) is 85.3 Å². The Morgan fingerprint density at radius 1 is 1.40 bits per heavy atom. The lowest BCUT2D eigenvalue weighted by atomic mass is 9.83. The molecule has 1 saturated carbocycles. The van der Waals surface area contributed by atoms with Gasteiger partial charge in [0.2, 0.25) is 10.0 Å². The second-order valence-corrected chi connectivity index (χ2v) is 7.20. The molecule has 2 atom stereocenters. The average molecular weight is 300 g/mol. The molecule has 1 aliphatic carbocycles. The van der Waals surface area contributed by atoms with Crippen LogP contribution >= 0.6 is 0 Å². The molecule has 0 amide bonds. The van der Waals surface area contributed by atoms with Crippen LogP contribution in [0.1, 0.15) is 50.5 Å². The maximum atomic E-state index is 12.5. The van der Waals surface area contributed by atoms with Crippen LogP contribution in [-0.2, 0) is 16.6 Å². The van der Waals surface area contributed by atoms with E-state index >= 15 is 0 Å². The van der Waals surface area contributed by atoms with Crippen LogP contribution in [0.2, 0.25) is 0 Å². The van der Waals surface area contributed by atoms with Crippen molar-refractivity contribution < 1.29 is 12.8 Å². The van der Waals surface area contributed by atoms with E-state index < -0.39 is 10.0 Å². The second kappa shape index (κ2) is 6.28. The summed E-state index contributed by atoms with van der Waals surface area (Å²) in [6.07, 6.45) is 5.30. The van der Waals surface area contributed by atoms with Crippen molar-refractivity contribution in [1.82, 2.24) is 4.72 Å². The maximum Gasteiger partial charge on any atom is 0.244 e. The molecule has 0 saturated heterocycles. The summed E-state index contributed by atoms with van der Waals surface area (Å²) in [5, 5.41) is 0. The first-order valence-corrected chi connectivity index (χ1v) is 8.78. The van der Waals surface area contributed by atoms with Crippen molar-refractivity contribution in [2.45, 2.75) is 63.4 Å². The number of rotatable bonds is 5. The Morgan fingerprint density at radius 2 is 2.10 bits per heavy atom. The van der Waals surface area contributed by atoms with Crippen molar-refractivity contribution in [2.75, 3.05) is 0 Å².